The maximum Gasteiger partial charge on any atom is 0.253 e. The summed E-state index contributed by atoms with van der Waals surface area (Å²) >= 11 is 0. The molecule has 6 heteroatoms. The molecular formula is C14H17N5O. The van der Waals surface area contributed by atoms with Crippen molar-refractivity contribution in [2.45, 2.75) is 31.3 Å². The second kappa shape index (κ2) is 5.42. The van der Waals surface area contributed by atoms with Gasteiger partial charge in [-0.1, -0.05) is 12.1 Å². The average molecular weight is 271 g/mol. The SMILES string of the molecule is N[C@H]1CCC[C@H]1NC(=O)c1ccccc1-n1nccn1. The Morgan fingerprint density at radius 3 is 2.70 bits per heavy atom. The van der Waals surface area contributed by atoms with E-state index in [4.69, 9.17) is 5.73 Å². The van der Waals surface area contributed by atoms with Crippen molar-refractivity contribution in [1.82, 2.24) is 20.3 Å². The molecule has 1 aromatic carbocycles. The van der Waals surface area contributed by atoms with Crippen molar-refractivity contribution in [3.8, 4) is 5.69 Å². The predicted octanol–water partition coefficient (Wildman–Crippen LogP) is 0.877. The number of carbonyl (C=O) groups excluding carboxylic acids is 1. The number of carbonyl (C=O) groups is 1. The Morgan fingerprint density at radius 1 is 1.25 bits per heavy atom. The van der Waals surface area contributed by atoms with Gasteiger partial charge in [-0.05, 0) is 31.4 Å². The van der Waals surface area contributed by atoms with Gasteiger partial charge in [0, 0.05) is 12.1 Å². The molecule has 1 heterocycles. The molecule has 0 bridgehead atoms. The van der Waals surface area contributed by atoms with Crippen molar-refractivity contribution in [1.29, 1.82) is 0 Å². The standard InChI is InChI=1S/C14H17N5O/c15-11-5-3-6-12(11)18-14(20)10-4-1-2-7-13(10)19-16-8-9-17-19/h1-2,4,7-9,11-12H,3,5-6,15H2,(H,18,20)/t11-,12+/m0/s1. The van der Waals surface area contributed by atoms with Gasteiger partial charge >= 0.3 is 0 Å². The second-order valence-corrected chi connectivity index (χ2v) is 5.01. The summed E-state index contributed by atoms with van der Waals surface area (Å²) in [4.78, 5) is 13.9. The summed E-state index contributed by atoms with van der Waals surface area (Å²) in [5, 5.41) is 11.2. The molecule has 1 saturated carbocycles. The zero-order valence-electron chi connectivity index (χ0n) is 11.1. The van der Waals surface area contributed by atoms with E-state index in [-0.39, 0.29) is 18.0 Å². The summed E-state index contributed by atoms with van der Waals surface area (Å²) < 4.78 is 0. The van der Waals surface area contributed by atoms with Crippen LogP contribution >= 0.6 is 0 Å². The van der Waals surface area contributed by atoms with Crippen molar-refractivity contribution in [2.75, 3.05) is 0 Å². The van der Waals surface area contributed by atoms with Crippen LogP contribution in [0.5, 0.6) is 0 Å². The summed E-state index contributed by atoms with van der Waals surface area (Å²) in [7, 11) is 0. The third kappa shape index (κ3) is 2.42. The van der Waals surface area contributed by atoms with E-state index >= 15 is 0 Å². The lowest BCUT2D eigenvalue weighted by molar-refractivity contribution is 0.0934. The summed E-state index contributed by atoms with van der Waals surface area (Å²) in [6, 6.07) is 7.39. The minimum atomic E-state index is -0.125. The number of nitrogens with one attached hydrogen (secondary N) is 1. The molecule has 0 spiro atoms. The Morgan fingerprint density at radius 2 is 2.00 bits per heavy atom. The molecule has 2 aromatic rings. The van der Waals surface area contributed by atoms with Crippen molar-refractivity contribution in [2.24, 2.45) is 5.73 Å². The molecule has 0 saturated heterocycles. The zero-order chi connectivity index (χ0) is 13.9. The molecular weight excluding hydrogens is 254 g/mol. The fourth-order valence-corrected chi connectivity index (χ4v) is 2.59. The van der Waals surface area contributed by atoms with E-state index in [1.54, 1.807) is 18.5 Å². The molecule has 1 amide bonds. The van der Waals surface area contributed by atoms with Gasteiger partial charge in [0.05, 0.1) is 23.6 Å². The van der Waals surface area contributed by atoms with Crippen LogP contribution in [0.15, 0.2) is 36.7 Å². The number of amides is 1. The second-order valence-electron chi connectivity index (χ2n) is 5.01. The maximum atomic E-state index is 12.4. The Bertz CT molecular complexity index is 595. The van der Waals surface area contributed by atoms with Crippen molar-refractivity contribution < 1.29 is 4.79 Å². The van der Waals surface area contributed by atoms with E-state index in [0.29, 0.717) is 11.3 Å². The third-order valence-electron chi connectivity index (χ3n) is 3.67. The van der Waals surface area contributed by atoms with E-state index < -0.39 is 0 Å². The number of para-hydroxylation sites is 1. The van der Waals surface area contributed by atoms with E-state index in [0.717, 1.165) is 19.3 Å². The van der Waals surface area contributed by atoms with Crippen LogP contribution in [0.3, 0.4) is 0 Å². The van der Waals surface area contributed by atoms with Crippen LogP contribution in [0.1, 0.15) is 29.6 Å². The number of hydrogen-bond donors (Lipinski definition) is 2. The van der Waals surface area contributed by atoms with Crippen molar-refractivity contribution in [3.05, 3.63) is 42.2 Å². The molecule has 1 aliphatic rings. The number of hydrogen-bond acceptors (Lipinski definition) is 4. The highest BCUT2D eigenvalue weighted by Crippen LogP contribution is 2.19. The van der Waals surface area contributed by atoms with Crippen LogP contribution in [0.4, 0.5) is 0 Å². The first kappa shape index (κ1) is 12.8. The fraction of sp³-hybridized carbons (Fsp3) is 0.357. The van der Waals surface area contributed by atoms with Gasteiger partial charge in [-0.3, -0.25) is 4.79 Å². The highest BCUT2D eigenvalue weighted by molar-refractivity contribution is 5.97. The van der Waals surface area contributed by atoms with Crippen LogP contribution in [-0.2, 0) is 0 Å². The Kier molecular flexibility index (Phi) is 3.47. The van der Waals surface area contributed by atoms with Crippen molar-refractivity contribution >= 4 is 5.91 Å². The fourth-order valence-electron chi connectivity index (χ4n) is 2.59. The van der Waals surface area contributed by atoms with Crippen LogP contribution in [0.2, 0.25) is 0 Å². The van der Waals surface area contributed by atoms with E-state index in [1.807, 2.05) is 18.2 Å². The first-order valence-electron chi connectivity index (χ1n) is 6.78. The lowest BCUT2D eigenvalue weighted by Crippen LogP contribution is -2.44. The summed E-state index contributed by atoms with van der Waals surface area (Å²) in [5.41, 5.74) is 7.22. The molecule has 3 rings (SSSR count). The van der Waals surface area contributed by atoms with Gasteiger partial charge in [-0.25, -0.2) is 0 Å². The number of benzene rings is 1. The topological polar surface area (TPSA) is 85.8 Å². The smallest absolute Gasteiger partial charge is 0.253 e. The Hall–Kier alpha value is -2.21. The molecule has 104 valence electrons. The van der Waals surface area contributed by atoms with Gasteiger partial charge in [-0.15, -0.1) is 0 Å². The minimum absolute atomic E-state index is 0.0499. The lowest BCUT2D eigenvalue weighted by atomic mass is 10.1. The normalized spacial score (nSPS) is 21.9. The van der Waals surface area contributed by atoms with Crippen LogP contribution < -0.4 is 11.1 Å². The summed E-state index contributed by atoms with van der Waals surface area (Å²) in [5.74, 6) is -0.125. The highest BCUT2D eigenvalue weighted by atomic mass is 16.1. The van der Waals surface area contributed by atoms with Crippen molar-refractivity contribution in [3.63, 3.8) is 0 Å². The van der Waals surface area contributed by atoms with Gasteiger partial charge in [0.15, 0.2) is 0 Å². The molecule has 20 heavy (non-hydrogen) atoms. The Balaban J connectivity index is 1.85. The average Bonchev–Trinajstić information content (AvgIpc) is 3.11. The molecule has 1 fully saturated rings. The number of nitrogens with zero attached hydrogens (tertiary/aromatic N) is 3. The van der Waals surface area contributed by atoms with E-state index in [2.05, 4.69) is 15.5 Å². The Labute approximate surface area is 117 Å². The quantitative estimate of drug-likeness (QED) is 0.867. The van der Waals surface area contributed by atoms with Gasteiger partial charge < -0.3 is 11.1 Å². The molecule has 6 nitrogen and oxygen atoms in total. The van der Waals surface area contributed by atoms with Crippen LogP contribution in [-0.4, -0.2) is 33.0 Å². The molecule has 1 aromatic heterocycles. The van der Waals surface area contributed by atoms with Crippen LogP contribution in [0.25, 0.3) is 5.69 Å². The molecule has 0 aliphatic heterocycles. The molecule has 0 radical (unpaired) electrons. The number of nitrogens with two attached hydrogens (primary N) is 1. The maximum absolute atomic E-state index is 12.4. The van der Waals surface area contributed by atoms with E-state index in [1.165, 1.54) is 4.80 Å². The molecule has 1 aliphatic carbocycles. The third-order valence-corrected chi connectivity index (χ3v) is 3.67. The monoisotopic (exact) mass is 271 g/mol. The van der Waals surface area contributed by atoms with Gasteiger partial charge in [-0.2, -0.15) is 15.0 Å². The minimum Gasteiger partial charge on any atom is -0.348 e. The molecule has 2 atom stereocenters. The molecule has 0 unspecified atom stereocenters. The lowest BCUT2D eigenvalue weighted by Gasteiger charge is -2.18. The van der Waals surface area contributed by atoms with E-state index in [9.17, 15) is 4.79 Å². The molecule has 3 N–H and O–H groups in total. The summed E-state index contributed by atoms with van der Waals surface area (Å²) in [6.45, 7) is 0. The van der Waals surface area contributed by atoms with Crippen LogP contribution in [0, 0.1) is 0 Å². The first-order chi connectivity index (χ1) is 9.75. The summed E-state index contributed by atoms with van der Waals surface area (Å²) in [6.07, 6.45) is 6.14. The largest absolute Gasteiger partial charge is 0.348 e. The van der Waals surface area contributed by atoms with Gasteiger partial charge in [0.2, 0.25) is 0 Å². The van der Waals surface area contributed by atoms with Gasteiger partial charge in [0.1, 0.15) is 0 Å². The van der Waals surface area contributed by atoms with Gasteiger partial charge in [0.25, 0.3) is 5.91 Å². The number of rotatable bonds is 3. The first-order valence-corrected chi connectivity index (χ1v) is 6.78. The number of aromatic nitrogens is 3. The zero-order valence-corrected chi connectivity index (χ0v) is 11.1. The highest BCUT2D eigenvalue weighted by Gasteiger charge is 2.26. The predicted molar refractivity (Wildman–Crippen MR) is 74.4 cm³/mol.